The summed E-state index contributed by atoms with van der Waals surface area (Å²) in [6, 6.07) is 12.4. The number of benzene rings is 2. The predicted molar refractivity (Wildman–Crippen MR) is 117 cm³/mol. The van der Waals surface area contributed by atoms with Crippen molar-refractivity contribution in [1.29, 1.82) is 0 Å². The zero-order valence-electron chi connectivity index (χ0n) is 18.0. The van der Waals surface area contributed by atoms with E-state index in [9.17, 15) is 13.2 Å². The number of piperidine rings is 1. The average Bonchev–Trinajstić information content (AvgIpc) is 2.73. The van der Waals surface area contributed by atoms with Gasteiger partial charge in [0.2, 0.25) is 15.9 Å². The molecule has 1 heterocycles. The van der Waals surface area contributed by atoms with Crippen LogP contribution in [0.1, 0.15) is 42.5 Å². The Morgan fingerprint density at radius 2 is 1.87 bits per heavy atom. The summed E-state index contributed by atoms with van der Waals surface area (Å²) in [6.45, 7) is 6.66. The van der Waals surface area contributed by atoms with Crippen molar-refractivity contribution in [3.63, 3.8) is 0 Å². The van der Waals surface area contributed by atoms with Gasteiger partial charge in [0.05, 0.1) is 24.0 Å². The van der Waals surface area contributed by atoms with Gasteiger partial charge in [0.15, 0.2) is 0 Å². The lowest BCUT2D eigenvalue weighted by Crippen LogP contribution is -2.45. The number of hydrogen-bond donors (Lipinski definition) is 1. The van der Waals surface area contributed by atoms with E-state index >= 15 is 0 Å². The summed E-state index contributed by atoms with van der Waals surface area (Å²) in [7, 11) is -2.11. The highest BCUT2D eigenvalue weighted by Gasteiger charge is 2.33. The van der Waals surface area contributed by atoms with E-state index < -0.39 is 10.0 Å². The van der Waals surface area contributed by atoms with E-state index in [4.69, 9.17) is 4.74 Å². The minimum absolute atomic E-state index is 0.0999. The monoisotopic (exact) mass is 430 g/mol. The molecule has 1 aliphatic rings. The quantitative estimate of drug-likeness (QED) is 0.760. The smallest absolute Gasteiger partial charge is 0.243 e. The van der Waals surface area contributed by atoms with Gasteiger partial charge in [-0.15, -0.1) is 0 Å². The molecular weight excluding hydrogens is 400 g/mol. The molecule has 0 saturated carbocycles. The van der Waals surface area contributed by atoms with Gasteiger partial charge in [0.1, 0.15) is 5.75 Å². The Labute approximate surface area is 179 Å². The summed E-state index contributed by atoms with van der Waals surface area (Å²) in [5.41, 5.74) is 3.39. The Hall–Kier alpha value is -2.38. The number of rotatable bonds is 6. The molecule has 0 aromatic heterocycles. The summed E-state index contributed by atoms with van der Waals surface area (Å²) < 4.78 is 32.6. The molecule has 7 heteroatoms. The highest BCUT2D eigenvalue weighted by atomic mass is 32.2. The van der Waals surface area contributed by atoms with Gasteiger partial charge >= 0.3 is 0 Å². The Morgan fingerprint density at radius 3 is 2.50 bits per heavy atom. The Morgan fingerprint density at radius 1 is 1.17 bits per heavy atom. The minimum Gasteiger partial charge on any atom is -0.497 e. The second-order valence-corrected chi connectivity index (χ2v) is 9.91. The van der Waals surface area contributed by atoms with Gasteiger partial charge in [-0.25, -0.2) is 8.42 Å². The molecule has 0 bridgehead atoms. The van der Waals surface area contributed by atoms with E-state index in [0.29, 0.717) is 25.1 Å². The third kappa shape index (κ3) is 4.84. The molecule has 0 spiro atoms. The van der Waals surface area contributed by atoms with Crippen LogP contribution in [0.5, 0.6) is 5.75 Å². The topological polar surface area (TPSA) is 75.7 Å². The number of methoxy groups -OCH3 is 1. The number of aryl methyl sites for hydroxylation is 2. The maximum Gasteiger partial charge on any atom is 0.243 e. The van der Waals surface area contributed by atoms with E-state index in [0.717, 1.165) is 11.1 Å². The number of nitrogens with zero attached hydrogens (tertiary/aromatic N) is 1. The molecular formula is C23H30N2O4S. The zero-order chi connectivity index (χ0) is 21.9. The molecule has 1 aliphatic heterocycles. The van der Waals surface area contributed by atoms with Gasteiger partial charge in [-0.05, 0) is 69.0 Å². The Kier molecular flexibility index (Phi) is 6.83. The number of amides is 1. The van der Waals surface area contributed by atoms with Crippen molar-refractivity contribution in [1.82, 2.24) is 9.62 Å². The maximum atomic E-state index is 13.0. The van der Waals surface area contributed by atoms with Crippen LogP contribution in [0.15, 0.2) is 47.4 Å². The lowest BCUT2D eigenvalue weighted by molar-refractivity contribution is -0.126. The summed E-state index contributed by atoms with van der Waals surface area (Å²) >= 11 is 0. The molecule has 3 rings (SSSR count). The molecule has 2 aromatic carbocycles. The van der Waals surface area contributed by atoms with Crippen LogP contribution >= 0.6 is 0 Å². The van der Waals surface area contributed by atoms with Crippen LogP contribution in [0, 0.1) is 19.8 Å². The second kappa shape index (κ2) is 9.18. The van der Waals surface area contributed by atoms with Gasteiger partial charge in [-0.1, -0.05) is 23.8 Å². The fourth-order valence-electron chi connectivity index (χ4n) is 3.99. The van der Waals surface area contributed by atoms with Gasteiger partial charge in [-0.3, -0.25) is 4.79 Å². The predicted octanol–water partition coefficient (Wildman–Crippen LogP) is 3.59. The zero-order valence-corrected chi connectivity index (χ0v) is 18.8. The lowest BCUT2D eigenvalue weighted by atomic mass is 9.96. The number of carbonyl (C=O) groups is 1. The summed E-state index contributed by atoms with van der Waals surface area (Å²) in [4.78, 5) is 13.1. The number of sulfonamides is 1. The Bertz CT molecular complexity index is 1000. The third-order valence-electron chi connectivity index (χ3n) is 5.70. The molecule has 1 amide bonds. The summed E-state index contributed by atoms with van der Waals surface area (Å²) in [5.74, 6) is 0.141. The van der Waals surface area contributed by atoms with E-state index in [1.54, 1.807) is 24.3 Å². The molecule has 0 aliphatic carbocycles. The van der Waals surface area contributed by atoms with Crippen molar-refractivity contribution in [3.8, 4) is 5.75 Å². The van der Waals surface area contributed by atoms with E-state index in [1.165, 1.54) is 17.0 Å². The molecule has 0 radical (unpaired) electrons. The van der Waals surface area contributed by atoms with Crippen LogP contribution in [-0.2, 0) is 14.8 Å². The molecule has 2 atom stereocenters. The third-order valence-corrected chi connectivity index (χ3v) is 7.58. The van der Waals surface area contributed by atoms with Crippen molar-refractivity contribution in [2.75, 3.05) is 20.2 Å². The molecule has 1 fully saturated rings. The van der Waals surface area contributed by atoms with Crippen LogP contribution in [0.4, 0.5) is 0 Å². The largest absolute Gasteiger partial charge is 0.497 e. The van der Waals surface area contributed by atoms with Crippen LogP contribution in [0.25, 0.3) is 0 Å². The van der Waals surface area contributed by atoms with E-state index in [1.807, 2.05) is 32.9 Å². The van der Waals surface area contributed by atoms with Crippen LogP contribution in [0.3, 0.4) is 0 Å². The fourth-order valence-corrected chi connectivity index (χ4v) is 5.52. The van der Waals surface area contributed by atoms with Crippen molar-refractivity contribution < 1.29 is 17.9 Å². The normalized spacial score (nSPS) is 18.6. The molecule has 0 unspecified atom stereocenters. The SMILES string of the molecule is COc1ccc(S(=O)(=O)N2CCC[C@H](C(=O)N[C@@H](C)c3ccc(C)cc3C)C2)cc1. The van der Waals surface area contributed by atoms with Crippen LogP contribution < -0.4 is 10.1 Å². The lowest BCUT2D eigenvalue weighted by Gasteiger charge is -2.32. The van der Waals surface area contributed by atoms with Crippen molar-refractivity contribution in [2.24, 2.45) is 5.92 Å². The first-order valence-electron chi connectivity index (χ1n) is 10.2. The highest BCUT2D eigenvalue weighted by Crippen LogP contribution is 2.26. The first kappa shape index (κ1) is 22.3. The van der Waals surface area contributed by atoms with Crippen LogP contribution in [0.2, 0.25) is 0 Å². The Balaban J connectivity index is 1.69. The van der Waals surface area contributed by atoms with E-state index in [2.05, 4.69) is 11.4 Å². The minimum atomic E-state index is -3.65. The van der Waals surface area contributed by atoms with Gasteiger partial charge < -0.3 is 10.1 Å². The number of ether oxygens (including phenoxy) is 1. The number of carbonyl (C=O) groups excluding carboxylic acids is 1. The second-order valence-electron chi connectivity index (χ2n) is 7.97. The summed E-state index contributed by atoms with van der Waals surface area (Å²) in [6.07, 6.45) is 1.34. The number of hydrogen-bond acceptors (Lipinski definition) is 4. The van der Waals surface area contributed by atoms with E-state index in [-0.39, 0.29) is 29.3 Å². The van der Waals surface area contributed by atoms with Crippen molar-refractivity contribution >= 4 is 15.9 Å². The van der Waals surface area contributed by atoms with Crippen molar-refractivity contribution in [3.05, 3.63) is 59.2 Å². The summed E-state index contributed by atoms with van der Waals surface area (Å²) in [5, 5.41) is 3.08. The molecule has 6 nitrogen and oxygen atoms in total. The van der Waals surface area contributed by atoms with Crippen LogP contribution in [-0.4, -0.2) is 38.8 Å². The first-order valence-corrected chi connectivity index (χ1v) is 11.7. The van der Waals surface area contributed by atoms with Gasteiger partial charge in [0, 0.05) is 13.1 Å². The van der Waals surface area contributed by atoms with Crippen molar-refractivity contribution in [2.45, 2.75) is 44.6 Å². The molecule has 1 N–H and O–H groups in total. The fraction of sp³-hybridized carbons (Fsp3) is 0.435. The molecule has 30 heavy (non-hydrogen) atoms. The number of nitrogens with one attached hydrogen (secondary N) is 1. The first-order chi connectivity index (χ1) is 14.2. The highest BCUT2D eigenvalue weighted by molar-refractivity contribution is 7.89. The average molecular weight is 431 g/mol. The molecule has 162 valence electrons. The van der Waals surface area contributed by atoms with Gasteiger partial charge in [-0.2, -0.15) is 4.31 Å². The standard InChI is InChI=1S/C23H30N2O4S/c1-16-7-12-22(17(2)14-16)18(3)24-23(26)19-6-5-13-25(15-19)30(27,28)21-10-8-20(29-4)9-11-21/h7-12,14,18-19H,5-6,13,15H2,1-4H3,(H,24,26)/t18-,19-/m0/s1. The molecule has 1 saturated heterocycles. The van der Waals surface area contributed by atoms with Gasteiger partial charge in [0.25, 0.3) is 0 Å². The molecule has 2 aromatic rings. The maximum absolute atomic E-state index is 13.0.